The molecule has 0 unspecified atom stereocenters. The third-order valence-corrected chi connectivity index (χ3v) is 2.21. The van der Waals surface area contributed by atoms with Gasteiger partial charge in [-0.25, -0.2) is 0 Å². The highest BCUT2D eigenvalue weighted by Crippen LogP contribution is 2.15. The summed E-state index contributed by atoms with van der Waals surface area (Å²) in [6, 6.07) is 0. The SMILES string of the molecule is CC/C=C/C=C\C(Cl)=C(/C)CCC. The molecule has 0 heterocycles. The van der Waals surface area contributed by atoms with Crippen LogP contribution in [-0.4, -0.2) is 0 Å². The normalized spacial score (nSPS) is 14.2. The van der Waals surface area contributed by atoms with Gasteiger partial charge in [0.1, 0.15) is 0 Å². The molecule has 0 aromatic heterocycles. The van der Waals surface area contributed by atoms with Gasteiger partial charge in [0.2, 0.25) is 0 Å². The van der Waals surface area contributed by atoms with Gasteiger partial charge in [-0.3, -0.25) is 0 Å². The minimum absolute atomic E-state index is 0.877. The van der Waals surface area contributed by atoms with Crippen LogP contribution in [-0.2, 0) is 0 Å². The van der Waals surface area contributed by atoms with Crippen molar-refractivity contribution in [2.24, 2.45) is 0 Å². The van der Waals surface area contributed by atoms with Gasteiger partial charge in [0, 0.05) is 5.03 Å². The average Bonchev–Trinajstić information content (AvgIpc) is 2.12. The van der Waals surface area contributed by atoms with Crippen LogP contribution in [0.1, 0.15) is 40.0 Å². The summed E-state index contributed by atoms with van der Waals surface area (Å²) in [7, 11) is 0. The first-order valence-electron chi connectivity index (χ1n) is 4.90. The van der Waals surface area contributed by atoms with E-state index in [1.165, 1.54) is 5.57 Å². The first kappa shape index (κ1) is 12.5. The fourth-order valence-electron chi connectivity index (χ4n) is 0.991. The molecule has 0 aromatic carbocycles. The van der Waals surface area contributed by atoms with Crippen molar-refractivity contribution in [3.8, 4) is 0 Å². The van der Waals surface area contributed by atoms with Gasteiger partial charge in [-0.1, -0.05) is 55.7 Å². The van der Waals surface area contributed by atoms with Crippen LogP contribution in [0.15, 0.2) is 34.9 Å². The molecule has 0 aliphatic rings. The Morgan fingerprint density at radius 3 is 2.46 bits per heavy atom. The summed E-state index contributed by atoms with van der Waals surface area (Å²) in [5.41, 5.74) is 1.27. The van der Waals surface area contributed by atoms with E-state index in [1.807, 2.05) is 18.2 Å². The number of allylic oxidation sites excluding steroid dienone is 6. The number of rotatable bonds is 5. The molecule has 0 bridgehead atoms. The summed E-state index contributed by atoms with van der Waals surface area (Å²) in [5, 5.41) is 0.877. The molecule has 0 aliphatic carbocycles. The zero-order valence-corrected chi connectivity index (χ0v) is 9.56. The van der Waals surface area contributed by atoms with Crippen molar-refractivity contribution in [1.29, 1.82) is 0 Å². The van der Waals surface area contributed by atoms with E-state index < -0.39 is 0 Å². The lowest BCUT2D eigenvalue weighted by atomic mass is 10.1. The van der Waals surface area contributed by atoms with Crippen LogP contribution in [0.4, 0.5) is 0 Å². The number of halogens is 1. The van der Waals surface area contributed by atoms with Crippen molar-refractivity contribution in [2.45, 2.75) is 40.0 Å². The van der Waals surface area contributed by atoms with Crippen molar-refractivity contribution in [3.05, 3.63) is 34.9 Å². The lowest BCUT2D eigenvalue weighted by Gasteiger charge is -1.98. The lowest BCUT2D eigenvalue weighted by molar-refractivity contribution is 0.903. The smallest absolute Gasteiger partial charge is 0.0395 e. The minimum Gasteiger partial charge on any atom is -0.0848 e. The van der Waals surface area contributed by atoms with E-state index in [-0.39, 0.29) is 0 Å². The van der Waals surface area contributed by atoms with E-state index in [4.69, 9.17) is 11.6 Å². The zero-order valence-electron chi connectivity index (χ0n) is 8.81. The van der Waals surface area contributed by atoms with E-state index in [9.17, 15) is 0 Å². The van der Waals surface area contributed by atoms with E-state index in [0.717, 1.165) is 24.3 Å². The van der Waals surface area contributed by atoms with Gasteiger partial charge in [-0.15, -0.1) is 0 Å². The van der Waals surface area contributed by atoms with Crippen molar-refractivity contribution in [2.75, 3.05) is 0 Å². The van der Waals surface area contributed by atoms with Crippen LogP contribution in [0.2, 0.25) is 0 Å². The average molecular weight is 199 g/mol. The Hall–Kier alpha value is -0.490. The molecule has 74 valence electrons. The summed E-state index contributed by atoms with van der Waals surface area (Å²) in [6.07, 6.45) is 11.4. The highest BCUT2D eigenvalue weighted by Gasteiger charge is 1.92. The zero-order chi connectivity index (χ0) is 10.1. The van der Waals surface area contributed by atoms with Crippen LogP contribution in [0, 0.1) is 0 Å². The van der Waals surface area contributed by atoms with Crippen molar-refractivity contribution in [1.82, 2.24) is 0 Å². The van der Waals surface area contributed by atoms with Crippen molar-refractivity contribution in [3.63, 3.8) is 0 Å². The molecule has 0 nitrogen and oxygen atoms in total. The van der Waals surface area contributed by atoms with Gasteiger partial charge in [-0.2, -0.15) is 0 Å². The number of hydrogen-bond acceptors (Lipinski definition) is 0. The van der Waals surface area contributed by atoms with Crippen LogP contribution in [0.5, 0.6) is 0 Å². The van der Waals surface area contributed by atoms with Gasteiger partial charge in [-0.05, 0) is 25.8 Å². The van der Waals surface area contributed by atoms with E-state index >= 15 is 0 Å². The first-order chi connectivity index (χ1) is 6.22. The van der Waals surface area contributed by atoms with Crippen LogP contribution < -0.4 is 0 Å². The molecule has 0 N–H and O–H groups in total. The monoisotopic (exact) mass is 198 g/mol. The summed E-state index contributed by atoms with van der Waals surface area (Å²) >= 11 is 6.05. The van der Waals surface area contributed by atoms with Crippen LogP contribution in [0.3, 0.4) is 0 Å². The standard InChI is InChI=1S/C12H19Cl/c1-4-6-7-8-10-12(13)11(3)9-5-2/h6-8,10H,4-5,9H2,1-3H3/b7-6+,10-8-,12-11-. The van der Waals surface area contributed by atoms with Gasteiger partial charge in [0.25, 0.3) is 0 Å². The second kappa shape index (κ2) is 8.12. The predicted molar refractivity (Wildman–Crippen MR) is 62.0 cm³/mol. The second-order valence-electron chi connectivity index (χ2n) is 3.07. The summed E-state index contributed by atoms with van der Waals surface area (Å²) < 4.78 is 0. The Balaban J connectivity index is 4.10. The van der Waals surface area contributed by atoms with Gasteiger partial charge in [0.05, 0.1) is 0 Å². The predicted octanol–water partition coefficient (Wildman–Crippen LogP) is 4.82. The fourth-order valence-corrected chi connectivity index (χ4v) is 1.16. The third-order valence-electron chi connectivity index (χ3n) is 1.76. The number of hydrogen-bond donors (Lipinski definition) is 0. The molecule has 0 amide bonds. The van der Waals surface area contributed by atoms with Gasteiger partial charge in [0.15, 0.2) is 0 Å². The molecule has 0 radical (unpaired) electrons. The van der Waals surface area contributed by atoms with Gasteiger partial charge < -0.3 is 0 Å². The molecule has 0 saturated heterocycles. The molecule has 0 aliphatic heterocycles. The summed E-state index contributed by atoms with van der Waals surface area (Å²) in [4.78, 5) is 0. The summed E-state index contributed by atoms with van der Waals surface area (Å²) in [5.74, 6) is 0. The van der Waals surface area contributed by atoms with E-state index in [0.29, 0.717) is 0 Å². The molecule has 0 saturated carbocycles. The maximum Gasteiger partial charge on any atom is 0.0395 e. The second-order valence-corrected chi connectivity index (χ2v) is 3.48. The molecule has 13 heavy (non-hydrogen) atoms. The molecule has 0 atom stereocenters. The van der Waals surface area contributed by atoms with Crippen LogP contribution in [0.25, 0.3) is 0 Å². The molecule has 0 fully saturated rings. The molecule has 0 spiro atoms. The minimum atomic E-state index is 0.877. The Labute approximate surface area is 87.0 Å². The fraction of sp³-hybridized carbons (Fsp3) is 0.500. The molecular weight excluding hydrogens is 180 g/mol. The summed E-state index contributed by atoms with van der Waals surface area (Å²) in [6.45, 7) is 6.36. The quantitative estimate of drug-likeness (QED) is 0.556. The Bertz CT molecular complexity index is 209. The van der Waals surface area contributed by atoms with Crippen LogP contribution >= 0.6 is 11.6 Å². The van der Waals surface area contributed by atoms with E-state index in [1.54, 1.807) is 0 Å². The maximum absolute atomic E-state index is 6.05. The lowest BCUT2D eigenvalue weighted by Crippen LogP contribution is -1.77. The first-order valence-corrected chi connectivity index (χ1v) is 5.28. The molecule has 1 heteroatoms. The van der Waals surface area contributed by atoms with Gasteiger partial charge >= 0.3 is 0 Å². The van der Waals surface area contributed by atoms with Crippen molar-refractivity contribution >= 4 is 11.6 Å². The van der Waals surface area contributed by atoms with E-state index in [2.05, 4.69) is 26.8 Å². The Morgan fingerprint density at radius 1 is 1.23 bits per heavy atom. The largest absolute Gasteiger partial charge is 0.0848 e. The Morgan fingerprint density at radius 2 is 1.92 bits per heavy atom. The topological polar surface area (TPSA) is 0 Å². The maximum atomic E-state index is 6.05. The molecule has 0 rings (SSSR count). The molecular formula is C12H19Cl. The third kappa shape index (κ3) is 6.65. The Kier molecular flexibility index (Phi) is 7.82. The van der Waals surface area contributed by atoms with Crippen molar-refractivity contribution < 1.29 is 0 Å². The molecule has 0 aromatic rings. The highest BCUT2D eigenvalue weighted by molar-refractivity contribution is 6.31. The highest BCUT2D eigenvalue weighted by atomic mass is 35.5.